The molecule has 0 saturated carbocycles. The molecule has 100 valence electrons. The molecule has 1 atom stereocenters. The van der Waals surface area contributed by atoms with Crippen LogP contribution in [0, 0.1) is 0 Å². The zero-order valence-corrected chi connectivity index (χ0v) is 12.5. The van der Waals surface area contributed by atoms with E-state index < -0.39 is 6.10 Å². The van der Waals surface area contributed by atoms with Gasteiger partial charge in [-0.05, 0) is 24.2 Å². The molecule has 0 bridgehead atoms. The third kappa shape index (κ3) is 4.16. The van der Waals surface area contributed by atoms with Crippen LogP contribution in [0.3, 0.4) is 0 Å². The molecule has 2 rings (SSSR count). The Balaban J connectivity index is 1.95. The molecule has 0 aliphatic heterocycles. The van der Waals surface area contributed by atoms with Gasteiger partial charge in [-0.15, -0.1) is 0 Å². The Bertz CT molecular complexity index is 515. The second-order valence-corrected chi connectivity index (χ2v) is 5.57. The van der Waals surface area contributed by atoms with E-state index in [0.29, 0.717) is 6.54 Å². The van der Waals surface area contributed by atoms with Gasteiger partial charge in [0.2, 0.25) is 0 Å². The van der Waals surface area contributed by atoms with Crippen molar-refractivity contribution in [3.8, 4) is 0 Å². The van der Waals surface area contributed by atoms with Gasteiger partial charge in [-0.3, -0.25) is 4.90 Å². The van der Waals surface area contributed by atoms with Gasteiger partial charge in [0.1, 0.15) is 0 Å². The van der Waals surface area contributed by atoms with Crippen molar-refractivity contribution in [2.24, 2.45) is 0 Å². The third-order valence-corrected chi connectivity index (χ3v) is 3.84. The second kappa shape index (κ2) is 6.85. The van der Waals surface area contributed by atoms with E-state index in [1.54, 1.807) is 0 Å². The lowest BCUT2D eigenvalue weighted by atomic mass is 10.1. The lowest BCUT2D eigenvalue weighted by Gasteiger charge is -2.21. The molecule has 0 saturated heterocycles. The minimum absolute atomic E-state index is 0.450. The van der Waals surface area contributed by atoms with Gasteiger partial charge >= 0.3 is 0 Å². The second-order valence-electron chi connectivity index (χ2n) is 4.71. The summed E-state index contributed by atoms with van der Waals surface area (Å²) in [5, 5.41) is 10.2. The quantitative estimate of drug-likeness (QED) is 0.910. The molecule has 0 aliphatic rings. The SMILES string of the molecule is CN(Cc1ccccc1Br)C[C@H](O)c1ccccc1. The molecule has 3 heteroatoms. The van der Waals surface area contributed by atoms with Gasteiger partial charge in [0, 0.05) is 17.6 Å². The van der Waals surface area contributed by atoms with Crippen LogP contribution < -0.4 is 0 Å². The van der Waals surface area contributed by atoms with Gasteiger partial charge in [0.15, 0.2) is 0 Å². The van der Waals surface area contributed by atoms with Crippen LogP contribution in [0.15, 0.2) is 59.1 Å². The molecule has 0 amide bonds. The fraction of sp³-hybridized carbons (Fsp3) is 0.250. The van der Waals surface area contributed by atoms with E-state index in [1.165, 1.54) is 5.56 Å². The molecular formula is C16H18BrNO. The van der Waals surface area contributed by atoms with Gasteiger partial charge in [-0.2, -0.15) is 0 Å². The van der Waals surface area contributed by atoms with E-state index >= 15 is 0 Å². The van der Waals surface area contributed by atoms with Crippen molar-refractivity contribution in [3.05, 3.63) is 70.2 Å². The summed E-state index contributed by atoms with van der Waals surface area (Å²) in [4.78, 5) is 2.12. The monoisotopic (exact) mass is 319 g/mol. The Morgan fingerprint density at radius 3 is 2.37 bits per heavy atom. The smallest absolute Gasteiger partial charge is 0.0916 e. The van der Waals surface area contributed by atoms with E-state index in [2.05, 4.69) is 26.9 Å². The summed E-state index contributed by atoms with van der Waals surface area (Å²) < 4.78 is 1.11. The first-order chi connectivity index (χ1) is 9.16. The molecule has 19 heavy (non-hydrogen) atoms. The van der Waals surface area contributed by atoms with Gasteiger partial charge in [0.05, 0.1) is 6.10 Å². The molecule has 0 fully saturated rings. The number of rotatable bonds is 5. The number of likely N-dealkylation sites (N-methyl/N-ethyl adjacent to an activating group) is 1. The molecule has 0 aromatic heterocycles. The highest BCUT2D eigenvalue weighted by Crippen LogP contribution is 2.19. The maximum atomic E-state index is 10.2. The third-order valence-electron chi connectivity index (χ3n) is 3.07. The summed E-state index contributed by atoms with van der Waals surface area (Å²) in [6.07, 6.45) is -0.450. The Hall–Kier alpha value is -1.16. The Kier molecular flexibility index (Phi) is 5.14. The molecule has 0 radical (unpaired) electrons. The Morgan fingerprint density at radius 1 is 1.05 bits per heavy atom. The van der Waals surface area contributed by atoms with Gasteiger partial charge < -0.3 is 5.11 Å². The van der Waals surface area contributed by atoms with Crippen LogP contribution in [0.1, 0.15) is 17.2 Å². The van der Waals surface area contributed by atoms with Crippen molar-refractivity contribution < 1.29 is 5.11 Å². The van der Waals surface area contributed by atoms with Gasteiger partial charge in [-0.25, -0.2) is 0 Å². The molecule has 1 N–H and O–H groups in total. The first kappa shape index (κ1) is 14.3. The van der Waals surface area contributed by atoms with E-state index in [9.17, 15) is 5.11 Å². The van der Waals surface area contributed by atoms with Crippen molar-refractivity contribution in [1.82, 2.24) is 4.90 Å². The molecule has 0 unspecified atom stereocenters. The number of aliphatic hydroxyl groups excluding tert-OH is 1. The normalized spacial score (nSPS) is 12.6. The predicted octanol–water partition coefficient (Wildman–Crippen LogP) is 3.61. The van der Waals surface area contributed by atoms with Crippen LogP contribution in [0.25, 0.3) is 0 Å². The first-order valence-electron chi connectivity index (χ1n) is 6.32. The molecule has 2 nitrogen and oxygen atoms in total. The summed E-state index contributed by atoms with van der Waals surface area (Å²) >= 11 is 3.55. The Labute approximate surface area is 122 Å². The number of hydrogen-bond acceptors (Lipinski definition) is 2. The standard InChI is InChI=1S/C16H18BrNO/c1-18(11-14-9-5-6-10-15(14)17)12-16(19)13-7-3-2-4-8-13/h2-10,16,19H,11-12H2,1H3/t16-/m0/s1. The van der Waals surface area contributed by atoms with Crippen LogP contribution in [0.5, 0.6) is 0 Å². The maximum Gasteiger partial charge on any atom is 0.0916 e. The molecule has 0 heterocycles. The van der Waals surface area contributed by atoms with E-state index in [4.69, 9.17) is 0 Å². The average molecular weight is 320 g/mol. The average Bonchev–Trinajstić information content (AvgIpc) is 2.42. The van der Waals surface area contributed by atoms with E-state index in [0.717, 1.165) is 16.6 Å². The van der Waals surface area contributed by atoms with Gasteiger partial charge in [0.25, 0.3) is 0 Å². The highest BCUT2D eigenvalue weighted by atomic mass is 79.9. The molecular weight excluding hydrogens is 302 g/mol. The summed E-state index contributed by atoms with van der Waals surface area (Å²) in [5.41, 5.74) is 2.19. The Morgan fingerprint density at radius 2 is 1.68 bits per heavy atom. The highest BCUT2D eigenvalue weighted by molar-refractivity contribution is 9.10. The molecule has 0 aliphatic carbocycles. The van der Waals surface area contributed by atoms with Crippen LogP contribution in [-0.2, 0) is 6.54 Å². The summed E-state index contributed by atoms with van der Waals surface area (Å²) in [7, 11) is 2.02. The van der Waals surface area contributed by atoms with Crippen LogP contribution >= 0.6 is 15.9 Å². The highest BCUT2D eigenvalue weighted by Gasteiger charge is 2.11. The number of halogens is 1. The van der Waals surface area contributed by atoms with Crippen molar-refractivity contribution in [2.45, 2.75) is 12.6 Å². The molecule has 2 aromatic rings. The first-order valence-corrected chi connectivity index (χ1v) is 7.11. The lowest BCUT2D eigenvalue weighted by molar-refractivity contribution is 0.123. The summed E-state index contributed by atoms with van der Waals surface area (Å²) in [6.45, 7) is 1.43. The zero-order chi connectivity index (χ0) is 13.7. The summed E-state index contributed by atoms with van der Waals surface area (Å²) in [6, 6.07) is 17.9. The topological polar surface area (TPSA) is 23.5 Å². The van der Waals surface area contributed by atoms with E-state index in [-0.39, 0.29) is 0 Å². The van der Waals surface area contributed by atoms with Crippen LogP contribution in [-0.4, -0.2) is 23.6 Å². The molecule has 2 aromatic carbocycles. The fourth-order valence-electron chi connectivity index (χ4n) is 2.06. The van der Waals surface area contributed by atoms with Crippen LogP contribution in [0.2, 0.25) is 0 Å². The van der Waals surface area contributed by atoms with Crippen molar-refractivity contribution in [1.29, 1.82) is 0 Å². The number of benzene rings is 2. The van der Waals surface area contributed by atoms with Crippen molar-refractivity contribution in [3.63, 3.8) is 0 Å². The van der Waals surface area contributed by atoms with Crippen molar-refractivity contribution in [2.75, 3.05) is 13.6 Å². The van der Waals surface area contributed by atoms with Gasteiger partial charge in [-0.1, -0.05) is 64.5 Å². The van der Waals surface area contributed by atoms with Crippen LogP contribution in [0.4, 0.5) is 0 Å². The maximum absolute atomic E-state index is 10.2. The predicted molar refractivity (Wildman–Crippen MR) is 81.9 cm³/mol. The minimum atomic E-state index is -0.450. The number of aliphatic hydroxyl groups is 1. The fourth-order valence-corrected chi connectivity index (χ4v) is 2.47. The lowest BCUT2D eigenvalue weighted by Crippen LogP contribution is -2.24. The number of hydrogen-bond donors (Lipinski definition) is 1. The minimum Gasteiger partial charge on any atom is -0.387 e. The largest absolute Gasteiger partial charge is 0.387 e. The zero-order valence-electron chi connectivity index (χ0n) is 11.0. The summed E-state index contributed by atoms with van der Waals surface area (Å²) in [5.74, 6) is 0. The number of nitrogens with zero attached hydrogens (tertiary/aromatic N) is 1. The van der Waals surface area contributed by atoms with E-state index in [1.807, 2.05) is 55.6 Å². The van der Waals surface area contributed by atoms with Crippen molar-refractivity contribution >= 4 is 15.9 Å². The molecule has 0 spiro atoms.